The number of rotatable bonds is 2. The van der Waals surface area contributed by atoms with E-state index in [0.29, 0.717) is 18.2 Å². The van der Waals surface area contributed by atoms with Crippen LogP contribution < -0.4 is 4.74 Å². The van der Waals surface area contributed by atoms with Crippen molar-refractivity contribution in [2.24, 2.45) is 0 Å². The summed E-state index contributed by atoms with van der Waals surface area (Å²) in [5.41, 5.74) is -0.508. The van der Waals surface area contributed by atoms with Crippen LogP contribution in [0.4, 0.5) is 17.6 Å². The Morgan fingerprint density at radius 1 is 1.00 bits per heavy atom. The van der Waals surface area contributed by atoms with E-state index in [2.05, 4.69) is 0 Å². The van der Waals surface area contributed by atoms with E-state index in [1.54, 1.807) is 13.8 Å². The van der Waals surface area contributed by atoms with E-state index in [1.807, 2.05) is 6.07 Å². The summed E-state index contributed by atoms with van der Waals surface area (Å²) in [5.74, 6) is -2.09. The van der Waals surface area contributed by atoms with Gasteiger partial charge >= 0.3 is 12.1 Å². The van der Waals surface area contributed by atoms with Gasteiger partial charge < -0.3 is 4.74 Å². The van der Waals surface area contributed by atoms with Crippen LogP contribution in [0.25, 0.3) is 0 Å². The van der Waals surface area contributed by atoms with E-state index >= 15 is 0 Å². The molecule has 0 unspecified atom stereocenters. The van der Waals surface area contributed by atoms with E-state index in [9.17, 15) is 22.4 Å². The predicted octanol–water partition coefficient (Wildman–Crippen LogP) is 4.68. The van der Waals surface area contributed by atoms with Crippen molar-refractivity contribution < 1.29 is 27.1 Å². The van der Waals surface area contributed by atoms with Crippen molar-refractivity contribution in [3.8, 4) is 5.75 Å². The first-order valence-corrected chi connectivity index (χ1v) is 6.34. The zero-order valence-electron chi connectivity index (χ0n) is 11.8. The molecule has 2 nitrogen and oxygen atoms in total. The molecule has 0 aliphatic rings. The van der Waals surface area contributed by atoms with Crippen molar-refractivity contribution in [3.05, 3.63) is 64.5 Å². The summed E-state index contributed by atoms with van der Waals surface area (Å²) in [7, 11) is 0. The van der Waals surface area contributed by atoms with Crippen LogP contribution in [0.2, 0.25) is 0 Å². The lowest BCUT2D eigenvalue weighted by molar-refractivity contribution is -0.138. The molecule has 0 N–H and O–H groups in total. The van der Waals surface area contributed by atoms with Gasteiger partial charge in [-0.05, 0) is 55.3 Å². The standard InChI is InChI=1S/C16H12F4O2/c1-9-5-10(2)7-12(6-9)22-15(21)13-8-11(17)3-4-14(13)16(18,19)20/h3-8H,1-2H3. The average molecular weight is 312 g/mol. The van der Waals surface area contributed by atoms with E-state index < -0.39 is 29.1 Å². The Labute approximate surface area is 124 Å². The molecule has 2 aromatic rings. The molecule has 22 heavy (non-hydrogen) atoms. The van der Waals surface area contributed by atoms with Crippen molar-refractivity contribution in [3.63, 3.8) is 0 Å². The van der Waals surface area contributed by atoms with E-state index in [-0.39, 0.29) is 5.75 Å². The number of alkyl halides is 3. The first-order chi connectivity index (χ1) is 10.2. The molecule has 0 spiro atoms. The van der Waals surface area contributed by atoms with Crippen LogP contribution in [0.1, 0.15) is 27.0 Å². The largest absolute Gasteiger partial charge is 0.423 e. The first-order valence-electron chi connectivity index (χ1n) is 6.34. The van der Waals surface area contributed by atoms with Gasteiger partial charge in [0.2, 0.25) is 0 Å². The van der Waals surface area contributed by atoms with E-state index in [0.717, 1.165) is 11.1 Å². The summed E-state index contributed by atoms with van der Waals surface area (Å²) < 4.78 is 56.8. The van der Waals surface area contributed by atoms with Gasteiger partial charge in [-0.3, -0.25) is 0 Å². The third-order valence-electron chi connectivity index (χ3n) is 2.91. The maximum absolute atomic E-state index is 13.2. The lowest BCUT2D eigenvalue weighted by atomic mass is 10.1. The molecule has 2 aromatic carbocycles. The zero-order valence-corrected chi connectivity index (χ0v) is 11.8. The third-order valence-corrected chi connectivity index (χ3v) is 2.91. The van der Waals surface area contributed by atoms with Gasteiger partial charge in [0.15, 0.2) is 0 Å². The smallest absolute Gasteiger partial charge is 0.417 e. The molecule has 0 saturated carbocycles. The SMILES string of the molecule is Cc1cc(C)cc(OC(=O)c2cc(F)ccc2C(F)(F)F)c1. The quantitative estimate of drug-likeness (QED) is 0.457. The second kappa shape index (κ2) is 5.79. The maximum Gasteiger partial charge on any atom is 0.417 e. The maximum atomic E-state index is 13.2. The molecular weight excluding hydrogens is 300 g/mol. The number of carbonyl (C=O) groups excluding carboxylic acids is 1. The fraction of sp³-hybridized carbons (Fsp3) is 0.188. The number of aryl methyl sites for hydroxylation is 2. The molecule has 0 amide bonds. The number of halogens is 4. The topological polar surface area (TPSA) is 26.3 Å². The molecule has 0 heterocycles. The second-order valence-electron chi connectivity index (χ2n) is 4.90. The highest BCUT2D eigenvalue weighted by atomic mass is 19.4. The summed E-state index contributed by atoms with van der Waals surface area (Å²) in [6.07, 6.45) is -4.77. The third kappa shape index (κ3) is 3.63. The van der Waals surface area contributed by atoms with Crippen molar-refractivity contribution in [1.82, 2.24) is 0 Å². The Morgan fingerprint density at radius 2 is 1.59 bits per heavy atom. The Hall–Kier alpha value is -2.37. The molecule has 0 aliphatic heterocycles. The highest BCUT2D eigenvalue weighted by molar-refractivity contribution is 5.93. The van der Waals surface area contributed by atoms with Crippen LogP contribution >= 0.6 is 0 Å². The summed E-state index contributed by atoms with van der Waals surface area (Å²) in [4.78, 5) is 12.0. The Bertz CT molecular complexity index is 700. The van der Waals surface area contributed by atoms with Crippen LogP contribution in [-0.4, -0.2) is 5.97 Å². The summed E-state index contributed by atoms with van der Waals surface area (Å²) in [6, 6.07) is 6.53. The molecule has 116 valence electrons. The lowest BCUT2D eigenvalue weighted by Crippen LogP contribution is -2.17. The molecule has 0 bridgehead atoms. The second-order valence-corrected chi connectivity index (χ2v) is 4.90. The van der Waals surface area contributed by atoms with Crippen LogP contribution in [-0.2, 0) is 6.18 Å². The van der Waals surface area contributed by atoms with Crippen molar-refractivity contribution in [2.75, 3.05) is 0 Å². The van der Waals surface area contributed by atoms with Gasteiger partial charge in [-0.2, -0.15) is 13.2 Å². The molecular formula is C16H12F4O2. The van der Waals surface area contributed by atoms with Gasteiger partial charge in [0.05, 0.1) is 11.1 Å². The molecule has 0 fully saturated rings. The summed E-state index contributed by atoms with van der Waals surface area (Å²) in [5, 5.41) is 0. The van der Waals surface area contributed by atoms with Crippen LogP contribution in [0, 0.1) is 19.7 Å². The summed E-state index contributed by atoms with van der Waals surface area (Å²) in [6.45, 7) is 3.52. The zero-order chi connectivity index (χ0) is 16.5. The normalized spacial score (nSPS) is 11.4. The van der Waals surface area contributed by atoms with Crippen molar-refractivity contribution in [2.45, 2.75) is 20.0 Å². The van der Waals surface area contributed by atoms with Crippen LogP contribution in [0.3, 0.4) is 0 Å². The van der Waals surface area contributed by atoms with E-state index in [4.69, 9.17) is 4.74 Å². The van der Waals surface area contributed by atoms with Gasteiger partial charge in [-0.25, -0.2) is 9.18 Å². The molecule has 0 atom stereocenters. The number of ether oxygens (including phenoxy) is 1. The minimum Gasteiger partial charge on any atom is -0.423 e. The molecule has 0 aliphatic carbocycles. The van der Waals surface area contributed by atoms with Crippen LogP contribution in [0.15, 0.2) is 36.4 Å². The predicted molar refractivity (Wildman–Crippen MR) is 72.3 cm³/mol. The van der Waals surface area contributed by atoms with Gasteiger partial charge in [-0.15, -0.1) is 0 Å². The van der Waals surface area contributed by atoms with E-state index in [1.165, 1.54) is 12.1 Å². The molecule has 0 radical (unpaired) electrons. The fourth-order valence-electron chi connectivity index (χ4n) is 2.09. The number of esters is 1. The Kier molecular flexibility index (Phi) is 4.21. The average Bonchev–Trinajstić information content (AvgIpc) is 2.35. The van der Waals surface area contributed by atoms with Crippen molar-refractivity contribution >= 4 is 5.97 Å². The Balaban J connectivity index is 2.39. The molecule has 6 heteroatoms. The first kappa shape index (κ1) is 16.0. The minimum atomic E-state index is -4.77. The molecule has 2 rings (SSSR count). The van der Waals surface area contributed by atoms with Gasteiger partial charge in [0, 0.05) is 0 Å². The highest BCUT2D eigenvalue weighted by Gasteiger charge is 2.36. The lowest BCUT2D eigenvalue weighted by Gasteiger charge is -2.12. The number of benzene rings is 2. The van der Waals surface area contributed by atoms with Gasteiger partial charge in [0.25, 0.3) is 0 Å². The molecule has 0 aromatic heterocycles. The van der Waals surface area contributed by atoms with Gasteiger partial charge in [0.1, 0.15) is 11.6 Å². The number of carbonyl (C=O) groups is 1. The minimum absolute atomic E-state index is 0.111. The Morgan fingerprint density at radius 3 is 2.14 bits per heavy atom. The monoisotopic (exact) mass is 312 g/mol. The number of hydrogen-bond acceptors (Lipinski definition) is 2. The van der Waals surface area contributed by atoms with Crippen molar-refractivity contribution in [1.29, 1.82) is 0 Å². The fourth-order valence-corrected chi connectivity index (χ4v) is 2.09. The number of hydrogen-bond donors (Lipinski definition) is 0. The summed E-state index contributed by atoms with van der Waals surface area (Å²) >= 11 is 0. The van der Waals surface area contributed by atoms with Crippen LogP contribution in [0.5, 0.6) is 5.75 Å². The van der Waals surface area contributed by atoms with Gasteiger partial charge in [-0.1, -0.05) is 6.07 Å². The highest BCUT2D eigenvalue weighted by Crippen LogP contribution is 2.33. The molecule has 0 saturated heterocycles.